The van der Waals surface area contributed by atoms with E-state index < -0.39 is 0 Å². The number of terminal acetylenes is 1. The van der Waals surface area contributed by atoms with Crippen molar-refractivity contribution >= 4 is 0 Å². The van der Waals surface area contributed by atoms with Crippen molar-refractivity contribution in [2.75, 3.05) is 26.8 Å². The molecule has 2 heteroatoms. The molecule has 0 radical (unpaired) electrons. The highest BCUT2D eigenvalue weighted by molar-refractivity contribution is 4.83. The lowest BCUT2D eigenvalue weighted by Crippen LogP contribution is -2.19. The molecule has 0 unspecified atom stereocenters. The summed E-state index contributed by atoms with van der Waals surface area (Å²) in [4.78, 5) is 0. The molecular formula is C8H15NO. The molecule has 58 valence electrons. The zero-order valence-electron chi connectivity index (χ0n) is 6.52. The van der Waals surface area contributed by atoms with Crippen molar-refractivity contribution in [1.82, 2.24) is 5.32 Å². The molecule has 0 heterocycles. The molecule has 10 heavy (non-hydrogen) atoms. The first-order chi connectivity index (χ1) is 4.91. The average Bonchev–Trinajstić information content (AvgIpc) is 1.97. The minimum absolute atomic E-state index is 0.774. The summed E-state index contributed by atoms with van der Waals surface area (Å²) in [5, 5.41) is 3.20. The second-order valence-corrected chi connectivity index (χ2v) is 2.05. The first-order valence-electron chi connectivity index (χ1n) is 3.55. The van der Waals surface area contributed by atoms with Crippen LogP contribution in [0.5, 0.6) is 0 Å². The molecule has 1 N–H and O–H groups in total. The molecule has 0 fully saturated rings. The van der Waals surface area contributed by atoms with Gasteiger partial charge in [-0.15, -0.1) is 12.3 Å². The van der Waals surface area contributed by atoms with E-state index in [2.05, 4.69) is 11.2 Å². The lowest BCUT2D eigenvalue weighted by molar-refractivity contribution is 0.199. The average molecular weight is 141 g/mol. The zero-order valence-corrected chi connectivity index (χ0v) is 6.52. The maximum Gasteiger partial charge on any atom is 0.0587 e. The fourth-order valence-electron chi connectivity index (χ4n) is 0.615. The fraction of sp³-hybridized carbons (Fsp3) is 0.750. The third-order valence-electron chi connectivity index (χ3n) is 1.16. The lowest BCUT2D eigenvalue weighted by atomic mass is 10.3. The Morgan fingerprint density at radius 2 is 2.30 bits per heavy atom. The van der Waals surface area contributed by atoms with E-state index in [9.17, 15) is 0 Å². The van der Waals surface area contributed by atoms with Crippen LogP contribution in [0.15, 0.2) is 0 Å². The fourth-order valence-corrected chi connectivity index (χ4v) is 0.615. The number of nitrogens with one attached hydrogen (secondary N) is 1. The number of ether oxygens (including phenoxy) is 1. The van der Waals surface area contributed by atoms with Gasteiger partial charge in [-0.25, -0.2) is 0 Å². The van der Waals surface area contributed by atoms with E-state index in [1.54, 1.807) is 7.11 Å². The van der Waals surface area contributed by atoms with Crippen LogP contribution < -0.4 is 5.32 Å². The molecule has 0 aromatic heterocycles. The van der Waals surface area contributed by atoms with E-state index in [1.807, 2.05) is 0 Å². The number of unbranched alkanes of at least 4 members (excludes halogenated alkanes) is 1. The van der Waals surface area contributed by atoms with E-state index in [0.29, 0.717) is 0 Å². The molecule has 0 rings (SSSR count). The van der Waals surface area contributed by atoms with Gasteiger partial charge in [-0.05, 0) is 13.0 Å². The van der Waals surface area contributed by atoms with Gasteiger partial charge in [-0.3, -0.25) is 0 Å². The number of rotatable bonds is 6. The van der Waals surface area contributed by atoms with Crippen LogP contribution in [0.4, 0.5) is 0 Å². The van der Waals surface area contributed by atoms with Crippen molar-refractivity contribution in [3.05, 3.63) is 0 Å². The highest BCUT2D eigenvalue weighted by Gasteiger charge is 1.84. The molecule has 0 amide bonds. The van der Waals surface area contributed by atoms with Crippen LogP contribution in [0.2, 0.25) is 0 Å². The predicted molar refractivity (Wildman–Crippen MR) is 42.8 cm³/mol. The predicted octanol–water partition coefficient (Wildman–Crippen LogP) is 0.636. The first kappa shape index (κ1) is 9.48. The largest absolute Gasteiger partial charge is 0.383 e. The summed E-state index contributed by atoms with van der Waals surface area (Å²) >= 11 is 0. The lowest BCUT2D eigenvalue weighted by Gasteiger charge is -2.00. The van der Waals surface area contributed by atoms with Crippen molar-refractivity contribution < 1.29 is 4.74 Å². The van der Waals surface area contributed by atoms with Gasteiger partial charge in [0.2, 0.25) is 0 Å². The van der Waals surface area contributed by atoms with Gasteiger partial charge in [-0.1, -0.05) is 0 Å². The smallest absolute Gasteiger partial charge is 0.0587 e. The molecule has 0 atom stereocenters. The van der Waals surface area contributed by atoms with Crippen molar-refractivity contribution in [3.63, 3.8) is 0 Å². The summed E-state index contributed by atoms with van der Waals surface area (Å²) in [6, 6.07) is 0. The van der Waals surface area contributed by atoms with E-state index in [4.69, 9.17) is 11.2 Å². The quantitative estimate of drug-likeness (QED) is 0.433. The van der Waals surface area contributed by atoms with Crippen LogP contribution in [0, 0.1) is 12.3 Å². The van der Waals surface area contributed by atoms with Gasteiger partial charge in [0.15, 0.2) is 0 Å². The van der Waals surface area contributed by atoms with E-state index >= 15 is 0 Å². The van der Waals surface area contributed by atoms with Crippen LogP contribution >= 0.6 is 0 Å². The molecule has 2 nitrogen and oxygen atoms in total. The highest BCUT2D eigenvalue weighted by Crippen LogP contribution is 1.81. The number of hydrogen-bond acceptors (Lipinski definition) is 2. The van der Waals surface area contributed by atoms with E-state index in [1.165, 1.54) is 0 Å². The minimum Gasteiger partial charge on any atom is -0.383 e. The maximum atomic E-state index is 5.07. The van der Waals surface area contributed by atoms with Crippen molar-refractivity contribution in [2.24, 2.45) is 0 Å². The Balaban J connectivity index is 2.72. The topological polar surface area (TPSA) is 21.3 Å². The molecule has 0 aliphatic heterocycles. The van der Waals surface area contributed by atoms with E-state index in [0.717, 1.165) is 32.5 Å². The Kier molecular flexibility index (Phi) is 8.04. The van der Waals surface area contributed by atoms with Gasteiger partial charge in [0.25, 0.3) is 0 Å². The summed E-state index contributed by atoms with van der Waals surface area (Å²) in [7, 11) is 1.70. The minimum atomic E-state index is 0.774. The third-order valence-corrected chi connectivity index (χ3v) is 1.16. The Bertz CT molecular complexity index is 95.9. The molecule has 0 aliphatic rings. The second kappa shape index (κ2) is 8.48. The van der Waals surface area contributed by atoms with Gasteiger partial charge in [-0.2, -0.15) is 0 Å². The summed E-state index contributed by atoms with van der Waals surface area (Å²) in [5.41, 5.74) is 0. The van der Waals surface area contributed by atoms with Crippen molar-refractivity contribution in [1.29, 1.82) is 0 Å². The van der Waals surface area contributed by atoms with Crippen LogP contribution in [-0.2, 0) is 4.74 Å². The van der Waals surface area contributed by atoms with Crippen LogP contribution in [0.3, 0.4) is 0 Å². The van der Waals surface area contributed by atoms with Gasteiger partial charge in [0.1, 0.15) is 0 Å². The molecule has 0 bridgehead atoms. The van der Waals surface area contributed by atoms with Gasteiger partial charge >= 0.3 is 0 Å². The van der Waals surface area contributed by atoms with Crippen LogP contribution in [0.1, 0.15) is 12.8 Å². The van der Waals surface area contributed by atoms with Gasteiger partial charge in [0.05, 0.1) is 6.61 Å². The summed E-state index contributed by atoms with van der Waals surface area (Å²) in [6.07, 6.45) is 6.98. The van der Waals surface area contributed by atoms with Crippen LogP contribution in [0.25, 0.3) is 0 Å². The Labute approximate surface area is 63.0 Å². The van der Waals surface area contributed by atoms with Crippen LogP contribution in [-0.4, -0.2) is 26.8 Å². The molecule has 0 spiro atoms. The molecule has 0 aromatic carbocycles. The molecule has 0 saturated carbocycles. The van der Waals surface area contributed by atoms with Gasteiger partial charge in [0, 0.05) is 20.1 Å². The Morgan fingerprint density at radius 1 is 1.50 bits per heavy atom. The molecule has 0 aromatic rings. The standard InChI is InChI=1S/C8H15NO/c1-3-4-5-6-9-7-8-10-2/h1,9H,4-8H2,2H3. The second-order valence-electron chi connectivity index (χ2n) is 2.05. The highest BCUT2D eigenvalue weighted by atomic mass is 16.5. The Hall–Kier alpha value is -0.520. The molecular weight excluding hydrogens is 126 g/mol. The number of hydrogen-bond donors (Lipinski definition) is 1. The Morgan fingerprint density at radius 3 is 2.90 bits per heavy atom. The third kappa shape index (κ3) is 7.48. The maximum absolute atomic E-state index is 5.07. The van der Waals surface area contributed by atoms with Crippen molar-refractivity contribution in [2.45, 2.75) is 12.8 Å². The summed E-state index contributed by atoms with van der Waals surface area (Å²) in [5.74, 6) is 2.59. The van der Waals surface area contributed by atoms with E-state index in [-0.39, 0.29) is 0 Å². The normalized spacial score (nSPS) is 9.20. The SMILES string of the molecule is C#CCCCNCCOC. The molecule has 0 aliphatic carbocycles. The van der Waals surface area contributed by atoms with Crippen molar-refractivity contribution in [3.8, 4) is 12.3 Å². The zero-order chi connectivity index (χ0) is 7.66. The monoisotopic (exact) mass is 141 g/mol. The first-order valence-corrected chi connectivity index (χ1v) is 3.55. The number of methoxy groups -OCH3 is 1. The summed E-state index contributed by atoms with van der Waals surface area (Å²) in [6.45, 7) is 2.69. The van der Waals surface area contributed by atoms with Gasteiger partial charge < -0.3 is 10.1 Å². The molecule has 0 saturated heterocycles. The summed E-state index contributed by atoms with van der Waals surface area (Å²) < 4.78 is 4.85.